The molecule has 6 rings (SSSR count). The summed E-state index contributed by atoms with van der Waals surface area (Å²) in [5, 5.41) is 14.0. The fourth-order valence-electron chi connectivity index (χ4n) is 5.24. The predicted molar refractivity (Wildman–Crippen MR) is 160 cm³/mol. The van der Waals surface area contributed by atoms with Crippen molar-refractivity contribution in [2.75, 3.05) is 10.2 Å². The zero-order valence-electron chi connectivity index (χ0n) is 21.9. The number of amides is 3. The van der Waals surface area contributed by atoms with E-state index in [1.54, 1.807) is 36.4 Å². The highest BCUT2D eigenvalue weighted by Gasteiger charge is 2.56. The molecule has 13 heteroatoms. The van der Waals surface area contributed by atoms with Gasteiger partial charge in [0.05, 0.1) is 21.6 Å². The molecule has 0 bridgehead atoms. The van der Waals surface area contributed by atoms with E-state index in [0.717, 1.165) is 33.6 Å². The molecule has 1 fully saturated rings. The summed E-state index contributed by atoms with van der Waals surface area (Å²) >= 11 is 8.17. The first kappa shape index (κ1) is 27.9. The molecule has 3 amide bonds. The number of anilines is 2. The van der Waals surface area contributed by atoms with Crippen molar-refractivity contribution in [3.05, 3.63) is 114 Å². The first-order valence-corrected chi connectivity index (χ1v) is 14.8. The zero-order valence-corrected chi connectivity index (χ0v) is 24.2. The van der Waals surface area contributed by atoms with Crippen LogP contribution in [0.2, 0.25) is 5.02 Å². The molecule has 1 aromatic heterocycles. The number of carbonyl (C=O) groups excluding carboxylic acids is 3. The molecular formula is C29H21ClN4O6S2. The Bertz CT molecular complexity index is 1800. The number of imide groups is 1. The van der Waals surface area contributed by atoms with E-state index in [0.29, 0.717) is 26.2 Å². The molecule has 10 nitrogen and oxygen atoms in total. The van der Waals surface area contributed by atoms with Crippen LogP contribution in [0.5, 0.6) is 0 Å². The van der Waals surface area contributed by atoms with Crippen LogP contribution >= 0.6 is 34.7 Å². The maximum absolute atomic E-state index is 13.9. The summed E-state index contributed by atoms with van der Waals surface area (Å²) in [6, 6.07) is 19.3. The van der Waals surface area contributed by atoms with Gasteiger partial charge in [-0.3, -0.25) is 33.9 Å². The summed E-state index contributed by atoms with van der Waals surface area (Å²) in [6.45, 7) is 1.66. The zero-order chi connectivity index (χ0) is 29.7. The Morgan fingerprint density at radius 1 is 0.976 bits per heavy atom. The number of carbonyl (C=O) groups is 3. The van der Waals surface area contributed by atoms with Gasteiger partial charge in [0.2, 0.25) is 17.7 Å². The summed E-state index contributed by atoms with van der Waals surface area (Å²) in [7, 11) is 0. The predicted octanol–water partition coefficient (Wildman–Crippen LogP) is 5.21. The third kappa shape index (κ3) is 4.91. The smallest absolute Gasteiger partial charge is 0.308 e. The number of thiazole rings is 1. The van der Waals surface area contributed by atoms with Crippen LogP contribution in [0, 0.1) is 23.0 Å². The fraction of sp³-hybridized carbons (Fsp3) is 0.172. The molecule has 1 N–H and O–H groups in total. The first-order valence-electron chi connectivity index (χ1n) is 12.8. The van der Waals surface area contributed by atoms with Crippen molar-refractivity contribution in [1.29, 1.82) is 0 Å². The Hall–Kier alpha value is -4.26. The van der Waals surface area contributed by atoms with Crippen molar-refractivity contribution in [3.8, 4) is 0 Å². The van der Waals surface area contributed by atoms with E-state index in [2.05, 4.69) is 5.32 Å². The number of nitrogens with zero attached hydrogens (tertiary/aromatic N) is 3. The van der Waals surface area contributed by atoms with Gasteiger partial charge in [-0.1, -0.05) is 64.5 Å². The monoisotopic (exact) mass is 620 g/mol. The third-order valence-electron chi connectivity index (χ3n) is 7.23. The number of nitro groups is 1. The lowest BCUT2D eigenvalue weighted by Crippen LogP contribution is -2.33. The van der Waals surface area contributed by atoms with Gasteiger partial charge in [0.1, 0.15) is 11.8 Å². The molecule has 0 saturated carbocycles. The van der Waals surface area contributed by atoms with Gasteiger partial charge in [0.25, 0.3) is 5.69 Å². The van der Waals surface area contributed by atoms with Crippen molar-refractivity contribution >= 4 is 69.5 Å². The Kier molecular flexibility index (Phi) is 7.21. The number of nitro benzene ring substituents is 1. The summed E-state index contributed by atoms with van der Waals surface area (Å²) in [4.78, 5) is 65.8. The number of hydrogen-bond acceptors (Lipinski definition) is 8. The van der Waals surface area contributed by atoms with E-state index in [1.807, 2.05) is 19.1 Å². The van der Waals surface area contributed by atoms with Crippen LogP contribution in [0.25, 0.3) is 0 Å². The second kappa shape index (κ2) is 10.9. The minimum atomic E-state index is -0.888. The molecule has 2 aliphatic heterocycles. The number of thioether (sulfide) groups is 1. The highest BCUT2D eigenvalue weighted by molar-refractivity contribution is 8.00. The lowest BCUT2D eigenvalue weighted by molar-refractivity contribution is -0.384. The molecule has 3 aromatic carbocycles. The normalized spacial score (nSPS) is 19.4. The van der Waals surface area contributed by atoms with Crippen LogP contribution in [0.3, 0.4) is 0 Å². The Morgan fingerprint density at radius 2 is 1.64 bits per heavy atom. The van der Waals surface area contributed by atoms with Gasteiger partial charge in [-0.25, -0.2) is 4.90 Å². The average molecular weight is 621 g/mol. The van der Waals surface area contributed by atoms with Crippen LogP contribution in [0.15, 0.2) is 82.6 Å². The average Bonchev–Trinajstić information content (AvgIpc) is 3.41. The van der Waals surface area contributed by atoms with E-state index in [9.17, 15) is 29.3 Å². The Morgan fingerprint density at radius 3 is 2.29 bits per heavy atom. The fourth-order valence-corrected chi connectivity index (χ4v) is 8.14. The minimum absolute atomic E-state index is 0.168. The lowest BCUT2D eigenvalue weighted by Gasteiger charge is -2.30. The Balaban J connectivity index is 1.39. The minimum Gasteiger partial charge on any atom is -0.325 e. The molecule has 0 aliphatic carbocycles. The molecule has 0 spiro atoms. The summed E-state index contributed by atoms with van der Waals surface area (Å²) in [6.07, 6.45) is 0. The quantitative estimate of drug-likeness (QED) is 0.178. The topological polar surface area (TPSA) is 132 Å². The number of benzene rings is 3. The van der Waals surface area contributed by atoms with E-state index in [1.165, 1.54) is 28.8 Å². The second-order valence-electron chi connectivity index (χ2n) is 9.92. The first-order chi connectivity index (χ1) is 20.1. The number of non-ortho nitro benzene ring substituents is 1. The van der Waals surface area contributed by atoms with Gasteiger partial charge in [0.15, 0.2) is 0 Å². The SMILES string of the molecule is Cc1ccc(NC(=O)Cn2c3c(sc2=O)[C@@H](c2ccc(Cl)cc2)[C@H]2C(=O)N(c4ccc([N+](=O)[O-])cc4)C(=O)[C@H]2S3)cc1. The van der Waals surface area contributed by atoms with E-state index < -0.39 is 39.7 Å². The van der Waals surface area contributed by atoms with Gasteiger partial charge in [-0.05, 0) is 48.9 Å². The third-order valence-corrected chi connectivity index (χ3v) is 10.1. The molecule has 2 aliphatic rings. The van der Waals surface area contributed by atoms with Crippen LogP contribution in [0.4, 0.5) is 17.1 Å². The van der Waals surface area contributed by atoms with Crippen LogP contribution in [-0.4, -0.2) is 32.5 Å². The lowest BCUT2D eigenvalue weighted by atomic mass is 9.83. The van der Waals surface area contributed by atoms with Crippen molar-refractivity contribution < 1.29 is 19.3 Å². The summed E-state index contributed by atoms with van der Waals surface area (Å²) in [5.41, 5.74) is 2.37. The Labute approximate surface area is 252 Å². The molecule has 0 radical (unpaired) electrons. The highest BCUT2D eigenvalue weighted by Crippen LogP contribution is 2.54. The number of halogens is 1. The summed E-state index contributed by atoms with van der Waals surface area (Å²) < 4.78 is 1.35. The van der Waals surface area contributed by atoms with Crippen molar-refractivity contribution in [2.45, 2.75) is 29.7 Å². The largest absolute Gasteiger partial charge is 0.325 e. The standard InChI is InChI=1S/C29H21ClN4O6S2/c1-15-2-8-18(9-3-15)31-21(35)14-32-28-25(42-29(32)38)22(16-4-6-17(30)7-5-16)23-24(41-28)27(37)33(26(23)36)19-10-12-20(13-11-19)34(39)40/h2-13,22-24H,14H2,1H3,(H,31,35)/t22-,23+,24-/m0/s1. The summed E-state index contributed by atoms with van der Waals surface area (Å²) in [5.74, 6) is -2.88. The molecular weight excluding hydrogens is 600 g/mol. The van der Waals surface area contributed by atoms with Gasteiger partial charge in [0, 0.05) is 33.6 Å². The molecule has 1 saturated heterocycles. The highest BCUT2D eigenvalue weighted by atomic mass is 35.5. The molecule has 42 heavy (non-hydrogen) atoms. The van der Waals surface area contributed by atoms with E-state index in [-0.39, 0.29) is 22.8 Å². The van der Waals surface area contributed by atoms with Crippen LogP contribution < -0.4 is 15.1 Å². The van der Waals surface area contributed by atoms with Gasteiger partial charge >= 0.3 is 4.87 Å². The van der Waals surface area contributed by atoms with Gasteiger partial charge in [-0.2, -0.15) is 0 Å². The molecule has 3 heterocycles. The number of fused-ring (bicyclic) bond motifs is 2. The maximum atomic E-state index is 13.9. The van der Waals surface area contributed by atoms with Crippen molar-refractivity contribution in [1.82, 2.24) is 4.57 Å². The maximum Gasteiger partial charge on any atom is 0.308 e. The van der Waals surface area contributed by atoms with Crippen molar-refractivity contribution in [2.24, 2.45) is 5.92 Å². The van der Waals surface area contributed by atoms with Crippen molar-refractivity contribution in [3.63, 3.8) is 0 Å². The van der Waals surface area contributed by atoms with Crippen LogP contribution in [0.1, 0.15) is 21.9 Å². The van der Waals surface area contributed by atoms with Gasteiger partial charge in [-0.15, -0.1) is 0 Å². The van der Waals surface area contributed by atoms with E-state index >= 15 is 0 Å². The second-order valence-corrected chi connectivity index (χ2v) is 12.5. The molecule has 3 atom stereocenters. The number of aromatic nitrogens is 1. The van der Waals surface area contributed by atoms with Gasteiger partial charge < -0.3 is 5.32 Å². The molecule has 212 valence electrons. The molecule has 4 aromatic rings. The number of rotatable bonds is 6. The van der Waals surface area contributed by atoms with Crippen LogP contribution in [-0.2, 0) is 20.9 Å². The number of aryl methyl sites for hydroxylation is 1. The van der Waals surface area contributed by atoms with E-state index in [4.69, 9.17) is 11.6 Å². The molecule has 0 unspecified atom stereocenters. The number of hydrogen-bond donors (Lipinski definition) is 1. The number of nitrogens with one attached hydrogen (secondary N) is 1.